The topological polar surface area (TPSA) is 0 Å². The molecule has 31 heavy (non-hydrogen) atoms. The Balaban J connectivity index is 1.57. The fourth-order valence-corrected chi connectivity index (χ4v) is 11.4. The third kappa shape index (κ3) is 2.25. The monoisotopic (exact) mass is 584 g/mol. The second-order valence-corrected chi connectivity index (χ2v) is 15.6. The normalized spacial score (nSPS) is 17.2. The van der Waals surface area contributed by atoms with E-state index in [1.54, 1.807) is 0 Å². The molecule has 3 heterocycles. The molecule has 0 saturated carbocycles. The lowest BCUT2D eigenvalue weighted by Crippen LogP contribution is -2.17. The largest absolute Gasteiger partial charge is 0.134 e. The van der Waals surface area contributed by atoms with Crippen LogP contribution in [-0.4, -0.2) is 0 Å². The number of rotatable bonds is 0. The number of fused-ring (bicyclic) bond motifs is 11. The summed E-state index contributed by atoms with van der Waals surface area (Å²) in [5, 5.41) is 2.85. The van der Waals surface area contributed by atoms with Crippen LogP contribution in [0.1, 0.15) is 49.9 Å². The molecule has 2 aliphatic carbocycles. The SMILES string of the molecule is CC1(C)c2cc(Br)sc2-c2ccc3c4c(ccc3c21)-c1sc2cc(Br)sc2c1C4(C)C. The Labute approximate surface area is 210 Å². The summed E-state index contributed by atoms with van der Waals surface area (Å²) in [6.07, 6.45) is 0. The van der Waals surface area contributed by atoms with Gasteiger partial charge >= 0.3 is 0 Å². The minimum atomic E-state index is -0.00244. The van der Waals surface area contributed by atoms with Crippen molar-refractivity contribution in [2.75, 3.05) is 0 Å². The molecule has 0 nitrogen and oxygen atoms in total. The quantitative estimate of drug-likeness (QED) is 0.169. The summed E-state index contributed by atoms with van der Waals surface area (Å²) in [5.41, 5.74) is 8.84. The van der Waals surface area contributed by atoms with Crippen LogP contribution in [0.15, 0.2) is 44.0 Å². The Hall–Kier alpha value is -0.980. The third-order valence-corrected chi connectivity index (χ3v) is 11.9. The minimum Gasteiger partial charge on any atom is -0.134 e. The summed E-state index contributed by atoms with van der Waals surface area (Å²) in [6, 6.07) is 14.2. The van der Waals surface area contributed by atoms with E-state index in [4.69, 9.17) is 0 Å². The molecule has 2 aromatic carbocycles. The molecule has 0 saturated heterocycles. The number of halogens is 2. The van der Waals surface area contributed by atoms with E-state index in [0.29, 0.717) is 0 Å². The molecule has 0 fully saturated rings. The molecular weight excluding hydrogens is 568 g/mol. The smallest absolute Gasteiger partial charge is 0.0719 e. The third-order valence-electron chi connectivity index (χ3n) is 7.27. The summed E-state index contributed by atoms with van der Waals surface area (Å²) in [6.45, 7) is 9.61. The Morgan fingerprint density at radius 2 is 1.26 bits per heavy atom. The predicted octanol–water partition coefficient (Wildman–Crippen LogP) is 10.3. The van der Waals surface area contributed by atoms with Crippen molar-refractivity contribution in [3.05, 3.63) is 66.2 Å². The molecule has 0 bridgehead atoms. The molecule has 5 aromatic rings. The van der Waals surface area contributed by atoms with Crippen LogP contribution in [0.5, 0.6) is 0 Å². The highest BCUT2D eigenvalue weighted by Gasteiger charge is 2.43. The highest BCUT2D eigenvalue weighted by molar-refractivity contribution is 9.11. The van der Waals surface area contributed by atoms with Crippen molar-refractivity contribution in [1.29, 1.82) is 0 Å². The lowest BCUT2D eigenvalue weighted by molar-refractivity contribution is 0.665. The number of hydrogen-bond acceptors (Lipinski definition) is 3. The highest BCUT2D eigenvalue weighted by Crippen LogP contribution is 2.61. The van der Waals surface area contributed by atoms with Gasteiger partial charge in [-0.05, 0) is 88.1 Å². The standard InChI is InChI=1S/C26H18Br2S3/c1-25(2)15-9-17(27)30-22(15)13-7-5-12-11(19(13)25)6-8-14-20(12)26(3,4)21-23(14)29-16-10-18(28)31-24(16)21/h5-10H,1-4H3. The zero-order valence-corrected chi connectivity index (χ0v) is 23.1. The van der Waals surface area contributed by atoms with Gasteiger partial charge in [0.2, 0.25) is 0 Å². The van der Waals surface area contributed by atoms with E-state index in [1.807, 2.05) is 34.0 Å². The summed E-state index contributed by atoms with van der Waals surface area (Å²) in [7, 11) is 0. The maximum atomic E-state index is 3.72. The first-order valence-electron chi connectivity index (χ1n) is 10.3. The summed E-state index contributed by atoms with van der Waals surface area (Å²) >= 11 is 13.1. The minimum absolute atomic E-state index is 0.00244. The van der Waals surface area contributed by atoms with E-state index in [0.717, 1.165) is 0 Å². The molecule has 0 atom stereocenters. The van der Waals surface area contributed by atoms with Crippen molar-refractivity contribution >= 4 is 86.0 Å². The lowest BCUT2D eigenvalue weighted by atomic mass is 9.76. The van der Waals surface area contributed by atoms with Gasteiger partial charge in [-0.15, -0.1) is 34.0 Å². The van der Waals surface area contributed by atoms with Crippen LogP contribution in [0.2, 0.25) is 0 Å². The average Bonchev–Trinajstić information content (AvgIpc) is 3.43. The average molecular weight is 586 g/mol. The molecule has 154 valence electrons. The number of benzene rings is 2. The fourth-order valence-electron chi connectivity index (χ4n) is 6.03. The first-order valence-corrected chi connectivity index (χ1v) is 14.4. The van der Waals surface area contributed by atoms with Gasteiger partial charge in [0.15, 0.2) is 0 Å². The Morgan fingerprint density at radius 1 is 0.645 bits per heavy atom. The Bertz CT molecular complexity index is 1610. The van der Waals surface area contributed by atoms with Crippen molar-refractivity contribution in [2.24, 2.45) is 0 Å². The van der Waals surface area contributed by atoms with Crippen LogP contribution in [0, 0.1) is 0 Å². The molecule has 0 aliphatic heterocycles. The lowest BCUT2D eigenvalue weighted by Gasteiger charge is -2.26. The highest BCUT2D eigenvalue weighted by atomic mass is 79.9. The van der Waals surface area contributed by atoms with Gasteiger partial charge in [-0.25, -0.2) is 0 Å². The molecule has 0 amide bonds. The molecule has 0 N–H and O–H groups in total. The molecular formula is C26H18Br2S3. The predicted molar refractivity (Wildman–Crippen MR) is 146 cm³/mol. The van der Waals surface area contributed by atoms with Gasteiger partial charge < -0.3 is 0 Å². The zero-order valence-electron chi connectivity index (χ0n) is 17.4. The number of hydrogen-bond donors (Lipinski definition) is 0. The number of thiophene rings is 3. The second kappa shape index (κ2) is 5.92. The fraction of sp³-hybridized carbons (Fsp3) is 0.231. The van der Waals surface area contributed by atoms with E-state index >= 15 is 0 Å². The maximum absolute atomic E-state index is 3.72. The van der Waals surface area contributed by atoms with E-state index in [1.165, 1.54) is 70.9 Å². The van der Waals surface area contributed by atoms with Crippen molar-refractivity contribution in [1.82, 2.24) is 0 Å². The Kier molecular flexibility index (Phi) is 3.72. The summed E-state index contributed by atoms with van der Waals surface area (Å²) in [4.78, 5) is 2.90. The van der Waals surface area contributed by atoms with Crippen molar-refractivity contribution in [3.63, 3.8) is 0 Å². The van der Waals surface area contributed by atoms with Gasteiger partial charge in [-0.2, -0.15) is 0 Å². The van der Waals surface area contributed by atoms with Crippen molar-refractivity contribution in [3.8, 4) is 20.9 Å². The van der Waals surface area contributed by atoms with Gasteiger partial charge in [0.1, 0.15) is 0 Å². The van der Waals surface area contributed by atoms with Crippen LogP contribution in [0.4, 0.5) is 0 Å². The second-order valence-electron chi connectivity index (χ2n) is 9.66. The molecule has 3 aromatic heterocycles. The van der Waals surface area contributed by atoms with E-state index < -0.39 is 0 Å². The van der Waals surface area contributed by atoms with Gasteiger partial charge in [-0.1, -0.05) is 52.0 Å². The van der Waals surface area contributed by atoms with Gasteiger partial charge in [0.25, 0.3) is 0 Å². The van der Waals surface area contributed by atoms with Crippen LogP contribution < -0.4 is 0 Å². The van der Waals surface area contributed by atoms with Crippen molar-refractivity contribution in [2.45, 2.75) is 38.5 Å². The maximum Gasteiger partial charge on any atom is 0.0719 e. The Morgan fingerprint density at radius 3 is 1.97 bits per heavy atom. The van der Waals surface area contributed by atoms with Crippen LogP contribution in [0.3, 0.4) is 0 Å². The first kappa shape index (κ1) is 19.5. The van der Waals surface area contributed by atoms with Crippen LogP contribution in [0.25, 0.3) is 41.1 Å². The molecule has 0 radical (unpaired) electrons. The molecule has 0 spiro atoms. The van der Waals surface area contributed by atoms with Crippen LogP contribution in [-0.2, 0) is 10.8 Å². The van der Waals surface area contributed by atoms with E-state index in [-0.39, 0.29) is 10.8 Å². The first-order chi connectivity index (χ1) is 14.7. The van der Waals surface area contributed by atoms with E-state index in [9.17, 15) is 0 Å². The summed E-state index contributed by atoms with van der Waals surface area (Å²) in [5.74, 6) is 0. The van der Waals surface area contributed by atoms with E-state index in [2.05, 4.69) is 96.0 Å². The molecule has 7 rings (SSSR count). The summed E-state index contributed by atoms with van der Waals surface area (Å²) < 4.78 is 5.31. The van der Waals surface area contributed by atoms with Crippen LogP contribution >= 0.6 is 65.9 Å². The van der Waals surface area contributed by atoms with Gasteiger partial charge in [0.05, 0.1) is 12.3 Å². The molecule has 5 heteroatoms. The molecule has 0 unspecified atom stereocenters. The zero-order chi connectivity index (χ0) is 21.4. The molecule has 2 aliphatic rings. The van der Waals surface area contributed by atoms with Crippen molar-refractivity contribution < 1.29 is 0 Å². The van der Waals surface area contributed by atoms with Gasteiger partial charge in [0, 0.05) is 25.3 Å². The van der Waals surface area contributed by atoms with Gasteiger partial charge in [-0.3, -0.25) is 0 Å².